The maximum atomic E-state index is 5.96. The Labute approximate surface area is 120 Å². The van der Waals surface area contributed by atoms with Crippen LogP contribution in [0.4, 0.5) is 5.82 Å². The molecule has 0 saturated heterocycles. The van der Waals surface area contributed by atoms with Crippen LogP contribution in [0, 0.1) is 0 Å². The Morgan fingerprint density at radius 3 is 2.60 bits per heavy atom. The van der Waals surface area contributed by atoms with Crippen LogP contribution in [-0.4, -0.2) is 30.2 Å². The molecule has 3 aromatic rings. The number of rotatable bonds is 1. The second-order valence-corrected chi connectivity index (χ2v) is 5.95. The van der Waals surface area contributed by atoms with Gasteiger partial charge in [0.2, 0.25) is 0 Å². The predicted molar refractivity (Wildman–Crippen MR) is 76.9 cm³/mol. The highest BCUT2D eigenvalue weighted by molar-refractivity contribution is 6.29. The number of nitrogens with two attached hydrogens (primary N) is 1. The van der Waals surface area contributed by atoms with E-state index in [1.54, 1.807) is 16.8 Å². The van der Waals surface area contributed by atoms with E-state index in [4.69, 9.17) is 17.3 Å². The number of nitrogens with zero attached hydrogens (tertiary/aromatic N) is 5. The summed E-state index contributed by atoms with van der Waals surface area (Å²) in [5.74, 6) is 1.04. The van der Waals surface area contributed by atoms with Crippen molar-refractivity contribution >= 4 is 28.5 Å². The summed E-state index contributed by atoms with van der Waals surface area (Å²) in [5.41, 5.74) is 7.28. The molecule has 0 amide bonds. The lowest BCUT2D eigenvalue weighted by molar-refractivity contribution is 0.563. The molecule has 0 saturated carbocycles. The standard InChI is InChI=1S/C12H14ClN7/c1-12(2,3)9-8-10(14)17-18-11(8)20(19-9)7-5-4-6(13)15-16-7/h4-5H,1-3H3,(H3,14,17,18). The summed E-state index contributed by atoms with van der Waals surface area (Å²) in [6.45, 7) is 6.21. The van der Waals surface area contributed by atoms with Crippen molar-refractivity contribution in [3.8, 4) is 5.82 Å². The van der Waals surface area contributed by atoms with Crippen molar-refractivity contribution in [3.05, 3.63) is 23.0 Å². The van der Waals surface area contributed by atoms with Crippen LogP contribution in [-0.2, 0) is 5.41 Å². The molecule has 3 aromatic heterocycles. The maximum absolute atomic E-state index is 5.96. The highest BCUT2D eigenvalue weighted by atomic mass is 35.5. The van der Waals surface area contributed by atoms with E-state index in [2.05, 4.69) is 46.3 Å². The lowest BCUT2D eigenvalue weighted by Gasteiger charge is -2.15. The van der Waals surface area contributed by atoms with Gasteiger partial charge in [-0.05, 0) is 12.1 Å². The van der Waals surface area contributed by atoms with E-state index in [1.807, 2.05) is 0 Å². The number of aromatic nitrogens is 6. The van der Waals surface area contributed by atoms with Gasteiger partial charge in [-0.3, -0.25) is 5.10 Å². The molecule has 0 radical (unpaired) electrons. The summed E-state index contributed by atoms with van der Waals surface area (Å²) in [6, 6.07) is 3.39. The van der Waals surface area contributed by atoms with Gasteiger partial charge in [-0.25, -0.2) is 0 Å². The van der Waals surface area contributed by atoms with Crippen LogP contribution in [0.2, 0.25) is 5.15 Å². The first-order valence-electron chi connectivity index (χ1n) is 6.10. The van der Waals surface area contributed by atoms with Crippen molar-refractivity contribution in [2.24, 2.45) is 0 Å². The Kier molecular flexibility index (Phi) is 2.68. The lowest BCUT2D eigenvalue weighted by atomic mass is 9.91. The summed E-state index contributed by atoms with van der Waals surface area (Å²) in [7, 11) is 0. The van der Waals surface area contributed by atoms with Crippen LogP contribution in [0.1, 0.15) is 26.5 Å². The summed E-state index contributed by atoms with van der Waals surface area (Å²) in [4.78, 5) is 0. The van der Waals surface area contributed by atoms with E-state index in [0.29, 0.717) is 22.4 Å². The number of nitrogen functional groups attached to an aromatic ring is 1. The summed E-state index contributed by atoms with van der Waals surface area (Å²) in [5, 5.41) is 20.6. The molecule has 0 aliphatic heterocycles. The number of nitrogens with one attached hydrogen (secondary N) is 1. The van der Waals surface area contributed by atoms with Gasteiger partial charge in [0.25, 0.3) is 0 Å². The monoisotopic (exact) mass is 291 g/mol. The zero-order chi connectivity index (χ0) is 14.5. The second kappa shape index (κ2) is 4.17. The Balaban J connectivity index is 2.29. The zero-order valence-electron chi connectivity index (χ0n) is 11.3. The van der Waals surface area contributed by atoms with Gasteiger partial charge < -0.3 is 5.73 Å². The third-order valence-electron chi connectivity index (χ3n) is 2.96. The number of hydrogen-bond donors (Lipinski definition) is 2. The molecule has 0 aliphatic carbocycles. The average molecular weight is 292 g/mol. The van der Waals surface area contributed by atoms with Crippen molar-refractivity contribution in [2.75, 3.05) is 5.73 Å². The van der Waals surface area contributed by atoms with Crippen LogP contribution < -0.4 is 5.73 Å². The Morgan fingerprint density at radius 2 is 2.00 bits per heavy atom. The van der Waals surface area contributed by atoms with Crippen LogP contribution in [0.25, 0.3) is 16.9 Å². The molecule has 0 unspecified atom stereocenters. The Morgan fingerprint density at radius 1 is 1.25 bits per heavy atom. The first-order chi connectivity index (χ1) is 9.38. The molecule has 0 aliphatic rings. The van der Waals surface area contributed by atoms with E-state index in [-0.39, 0.29) is 5.41 Å². The molecule has 7 nitrogen and oxygen atoms in total. The van der Waals surface area contributed by atoms with E-state index in [9.17, 15) is 0 Å². The van der Waals surface area contributed by atoms with Crippen molar-refractivity contribution in [3.63, 3.8) is 0 Å². The van der Waals surface area contributed by atoms with Crippen molar-refractivity contribution in [2.45, 2.75) is 26.2 Å². The molecule has 3 rings (SSSR count). The van der Waals surface area contributed by atoms with E-state index < -0.39 is 0 Å². The van der Waals surface area contributed by atoms with Crippen LogP contribution >= 0.6 is 11.6 Å². The molecule has 3 N–H and O–H groups in total. The molecule has 0 spiro atoms. The minimum Gasteiger partial charge on any atom is -0.383 e. The molecular weight excluding hydrogens is 278 g/mol. The number of hydrogen-bond acceptors (Lipinski definition) is 5. The van der Waals surface area contributed by atoms with Crippen molar-refractivity contribution in [1.29, 1.82) is 0 Å². The lowest BCUT2D eigenvalue weighted by Crippen LogP contribution is -2.14. The molecule has 0 fully saturated rings. The number of aromatic amines is 1. The smallest absolute Gasteiger partial charge is 0.188 e. The van der Waals surface area contributed by atoms with Gasteiger partial charge in [0.1, 0.15) is 5.82 Å². The fraction of sp³-hybridized carbons (Fsp3) is 0.333. The number of anilines is 1. The SMILES string of the molecule is CC(C)(C)c1nn(-c2ccc(Cl)nn2)c2n[nH]c(N)c12. The molecule has 0 aromatic carbocycles. The molecule has 3 heterocycles. The van der Waals surface area contributed by atoms with E-state index in [1.165, 1.54) is 0 Å². The molecule has 104 valence electrons. The third-order valence-corrected chi connectivity index (χ3v) is 3.16. The second-order valence-electron chi connectivity index (χ2n) is 5.56. The minimum absolute atomic E-state index is 0.165. The van der Waals surface area contributed by atoms with Gasteiger partial charge >= 0.3 is 0 Å². The Hall–Kier alpha value is -2.15. The largest absolute Gasteiger partial charge is 0.383 e. The number of H-pyrrole nitrogens is 1. The van der Waals surface area contributed by atoms with Gasteiger partial charge in [-0.2, -0.15) is 14.9 Å². The highest BCUT2D eigenvalue weighted by Crippen LogP contribution is 2.32. The van der Waals surface area contributed by atoms with Crippen LogP contribution in [0.5, 0.6) is 0 Å². The predicted octanol–water partition coefficient (Wildman–Crippen LogP) is 2.07. The van der Waals surface area contributed by atoms with Gasteiger partial charge in [-0.1, -0.05) is 32.4 Å². The van der Waals surface area contributed by atoms with Crippen LogP contribution in [0.3, 0.4) is 0 Å². The maximum Gasteiger partial charge on any atom is 0.188 e. The number of fused-ring (bicyclic) bond motifs is 1. The molecule has 0 atom stereocenters. The molecule has 8 heteroatoms. The third kappa shape index (κ3) is 1.90. The zero-order valence-corrected chi connectivity index (χ0v) is 12.1. The van der Waals surface area contributed by atoms with Gasteiger partial charge in [0, 0.05) is 5.41 Å². The highest BCUT2D eigenvalue weighted by Gasteiger charge is 2.26. The first-order valence-corrected chi connectivity index (χ1v) is 6.48. The van der Waals surface area contributed by atoms with Crippen molar-refractivity contribution in [1.82, 2.24) is 30.2 Å². The van der Waals surface area contributed by atoms with E-state index in [0.717, 1.165) is 11.1 Å². The number of halogens is 1. The fourth-order valence-corrected chi connectivity index (χ4v) is 2.14. The van der Waals surface area contributed by atoms with Gasteiger partial charge in [0.05, 0.1) is 11.1 Å². The summed E-state index contributed by atoms with van der Waals surface area (Å²) < 4.78 is 1.62. The topological polar surface area (TPSA) is 98.3 Å². The van der Waals surface area contributed by atoms with Gasteiger partial charge in [-0.15, -0.1) is 10.2 Å². The first kappa shape index (κ1) is 12.9. The molecule has 20 heavy (non-hydrogen) atoms. The van der Waals surface area contributed by atoms with Gasteiger partial charge in [0.15, 0.2) is 16.6 Å². The summed E-state index contributed by atoms with van der Waals surface area (Å²) >= 11 is 5.75. The van der Waals surface area contributed by atoms with Crippen molar-refractivity contribution < 1.29 is 0 Å². The fourth-order valence-electron chi connectivity index (χ4n) is 2.04. The molecule has 0 bridgehead atoms. The average Bonchev–Trinajstić information content (AvgIpc) is 2.91. The normalized spacial score (nSPS) is 12.2. The summed E-state index contributed by atoms with van der Waals surface area (Å²) in [6.07, 6.45) is 0. The van der Waals surface area contributed by atoms with Crippen LogP contribution in [0.15, 0.2) is 12.1 Å². The quantitative estimate of drug-likeness (QED) is 0.715. The molecular formula is C12H14ClN7. The van der Waals surface area contributed by atoms with E-state index >= 15 is 0 Å². The Bertz CT molecular complexity index is 764. The minimum atomic E-state index is -0.165.